The van der Waals surface area contributed by atoms with Gasteiger partial charge in [-0.3, -0.25) is 0 Å². The van der Waals surface area contributed by atoms with Gasteiger partial charge in [-0.05, 0) is 36.8 Å². The largest absolute Gasteiger partial charge is 0.497 e. The van der Waals surface area contributed by atoms with Crippen LogP contribution in [-0.4, -0.2) is 14.2 Å². The molecule has 17 heavy (non-hydrogen) atoms. The van der Waals surface area contributed by atoms with Crippen LogP contribution in [0.1, 0.15) is 5.56 Å². The first kappa shape index (κ1) is 11.5. The third-order valence-electron chi connectivity index (χ3n) is 2.74. The summed E-state index contributed by atoms with van der Waals surface area (Å²) in [4.78, 5) is 0. The van der Waals surface area contributed by atoms with Crippen molar-refractivity contribution in [3.05, 3.63) is 48.0 Å². The molecule has 0 radical (unpaired) electrons. The number of benzene rings is 2. The second-order valence-electron chi connectivity index (χ2n) is 3.94. The first-order valence-corrected chi connectivity index (χ1v) is 5.53. The lowest BCUT2D eigenvalue weighted by atomic mass is 10.0. The molecule has 0 N–H and O–H groups in total. The Bertz CT molecular complexity index is 518. The maximum Gasteiger partial charge on any atom is 0.126 e. The fourth-order valence-electron chi connectivity index (χ4n) is 1.84. The van der Waals surface area contributed by atoms with Crippen LogP contribution in [-0.2, 0) is 0 Å². The Morgan fingerprint density at radius 3 is 2.41 bits per heavy atom. The summed E-state index contributed by atoms with van der Waals surface area (Å²) in [6.45, 7) is 2.07. The van der Waals surface area contributed by atoms with Gasteiger partial charge in [-0.25, -0.2) is 0 Å². The minimum absolute atomic E-state index is 0.853. The molecule has 2 heteroatoms. The Morgan fingerprint density at radius 2 is 1.71 bits per heavy atom. The molecule has 0 spiro atoms. The van der Waals surface area contributed by atoms with Gasteiger partial charge >= 0.3 is 0 Å². The molecule has 0 saturated carbocycles. The van der Waals surface area contributed by atoms with E-state index in [1.54, 1.807) is 14.2 Å². The van der Waals surface area contributed by atoms with E-state index in [2.05, 4.69) is 19.1 Å². The van der Waals surface area contributed by atoms with Gasteiger partial charge in [0.1, 0.15) is 11.5 Å². The summed E-state index contributed by atoms with van der Waals surface area (Å²) in [5.41, 5.74) is 3.40. The highest BCUT2D eigenvalue weighted by molar-refractivity contribution is 5.72. The SMILES string of the molecule is COc1cccc(-c2cc(C)ccc2OC)c1. The minimum atomic E-state index is 0.853. The van der Waals surface area contributed by atoms with Crippen LogP contribution in [0.5, 0.6) is 11.5 Å². The highest BCUT2D eigenvalue weighted by Gasteiger charge is 2.06. The van der Waals surface area contributed by atoms with E-state index < -0.39 is 0 Å². The van der Waals surface area contributed by atoms with Crippen LogP contribution in [0, 0.1) is 6.92 Å². The summed E-state index contributed by atoms with van der Waals surface area (Å²) >= 11 is 0. The summed E-state index contributed by atoms with van der Waals surface area (Å²) in [5.74, 6) is 1.73. The number of rotatable bonds is 3. The predicted octanol–water partition coefficient (Wildman–Crippen LogP) is 3.68. The standard InChI is InChI=1S/C15H16O2/c1-11-7-8-15(17-3)14(9-11)12-5-4-6-13(10-12)16-2/h4-10H,1-3H3. The first-order valence-electron chi connectivity index (χ1n) is 5.53. The Morgan fingerprint density at radius 1 is 0.882 bits per heavy atom. The quantitative estimate of drug-likeness (QED) is 0.797. The predicted molar refractivity (Wildman–Crippen MR) is 69.7 cm³/mol. The zero-order valence-corrected chi connectivity index (χ0v) is 10.4. The monoisotopic (exact) mass is 228 g/mol. The van der Waals surface area contributed by atoms with Gasteiger partial charge in [0.25, 0.3) is 0 Å². The zero-order valence-electron chi connectivity index (χ0n) is 10.4. The van der Waals surface area contributed by atoms with Crippen molar-refractivity contribution in [2.24, 2.45) is 0 Å². The maximum atomic E-state index is 5.39. The molecule has 2 aromatic rings. The molecule has 0 heterocycles. The van der Waals surface area contributed by atoms with E-state index in [1.807, 2.05) is 30.3 Å². The summed E-state index contributed by atoms with van der Waals surface area (Å²) in [7, 11) is 3.36. The van der Waals surface area contributed by atoms with Crippen molar-refractivity contribution < 1.29 is 9.47 Å². The highest BCUT2D eigenvalue weighted by atomic mass is 16.5. The average molecular weight is 228 g/mol. The summed E-state index contributed by atoms with van der Waals surface area (Å²) in [5, 5.41) is 0. The van der Waals surface area contributed by atoms with E-state index in [0.717, 1.165) is 22.6 Å². The molecule has 0 saturated heterocycles. The number of ether oxygens (including phenoxy) is 2. The van der Waals surface area contributed by atoms with E-state index in [9.17, 15) is 0 Å². The first-order chi connectivity index (χ1) is 8.24. The molecule has 2 rings (SSSR count). The highest BCUT2D eigenvalue weighted by Crippen LogP contribution is 2.32. The van der Waals surface area contributed by atoms with Gasteiger partial charge in [-0.1, -0.05) is 23.8 Å². The molecule has 0 atom stereocenters. The third-order valence-corrected chi connectivity index (χ3v) is 2.74. The number of methoxy groups -OCH3 is 2. The zero-order chi connectivity index (χ0) is 12.3. The van der Waals surface area contributed by atoms with Crippen molar-refractivity contribution in [1.82, 2.24) is 0 Å². The molecule has 0 bridgehead atoms. The van der Waals surface area contributed by atoms with Crippen molar-refractivity contribution in [1.29, 1.82) is 0 Å². The molecule has 0 unspecified atom stereocenters. The molecule has 0 amide bonds. The number of hydrogen-bond donors (Lipinski definition) is 0. The Balaban J connectivity index is 2.54. The van der Waals surface area contributed by atoms with E-state index in [-0.39, 0.29) is 0 Å². The number of aryl methyl sites for hydroxylation is 1. The van der Waals surface area contributed by atoms with Crippen LogP contribution < -0.4 is 9.47 Å². The fourth-order valence-corrected chi connectivity index (χ4v) is 1.84. The van der Waals surface area contributed by atoms with E-state index in [1.165, 1.54) is 5.56 Å². The molecule has 88 valence electrons. The van der Waals surface area contributed by atoms with Crippen LogP contribution in [0.4, 0.5) is 0 Å². The lowest BCUT2D eigenvalue weighted by molar-refractivity contribution is 0.413. The smallest absolute Gasteiger partial charge is 0.126 e. The van der Waals surface area contributed by atoms with Gasteiger partial charge in [0.15, 0.2) is 0 Å². The van der Waals surface area contributed by atoms with Crippen LogP contribution in [0.25, 0.3) is 11.1 Å². The van der Waals surface area contributed by atoms with Crippen LogP contribution in [0.2, 0.25) is 0 Å². The van der Waals surface area contributed by atoms with Crippen molar-refractivity contribution >= 4 is 0 Å². The summed E-state index contributed by atoms with van der Waals surface area (Å²) in [6, 6.07) is 14.1. The molecular weight excluding hydrogens is 212 g/mol. The van der Waals surface area contributed by atoms with Gasteiger partial charge in [-0.2, -0.15) is 0 Å². The molecule has 2 aromatic carbocycles. The van der Waals surface area contributed by atoms with Crippen LogP contribution in [0.3, 0.4) is 0 Å². The summed E-state index contributed by atoms with van der Waals surface area (Å²) < 4.78 is 10.6. The second kappa shape index (κ2) is 4.91. The maximum absolute atomic E-state index is 5.39. The Hall–Kier alpha value is -1.96. The average Bonchev–Trinajstić information content (AvgIpc) is 2.39. The molecule has 0 aliphatic heterocycles. The minimum Gasteiger partial charge on any atom is -0.497 e. The Kier molecular flexibility index (Phi) is 3.33. The molecule has 0 aliphatic rings. The Labute approximate surface area is 102 Å². The van der Waals surface area contributed by atoms with Crippen LogP contribution >= 0.6 is 0 Å². The van der Waals surface area contributed by atoms with Gasteiger partial charge < -0.3 is 9.47 Å². The molecule has 0 aromatic heterocycles. The van der Waals surface area contributed by atoms with Crippen molar-refractivity contribution in [2.75, 3.05) is 14.2 Å². The lowest BCUT2D eigenvalue weighted by Crippen LogP contribution is -1.89. The third kappa shape index (κ3) is 2.41. The topological polar surface area (TPSA) is 18.5 Å². The van der Waals surface area contributed by atoms with Crippen molar-refractivity contribution in [2.45, 2.75) is 6.92 Å². The van der Waals surface area contributed by atoms with Crippen molar-refractivity contribution in [3.8, 4) is 22.6 Å². The molecule has 0 aliphatic carbocycles. The fraction of sp³-hybridized carbons (Fsp3) is 0.200. The normalized spacial score (nSPS) is 10.1. The van der Waals surface area contributed by atoms with E-state index in [4.69, 9.17) is 9.47 Å². The van der Waals surface area contributed by atoms with Gasteiger partial charge in [0.2, 0.25) is 0 Å². The van der Waals surface area contributed by atoms with E-state index >= 15 is 0 Å². The van der Waals surface area contributed by atoms with Crippen molar-refractivity contribution in [3.63, 3.8) is 0 Å². The van der Waals surface area contributed by atoms with Gasteiger partial charge in [-0.15, -0.1) is 0 Å². The summed E-state index contributed by atoms with van der Waals surface area (Å²) in [6.07, 6.45) is 0. The molecule has 2 nitrogen and oxygen atoms in total. The number of hydrogen-bond acceptors (Lipinski definition) is 2. The second-order valence-corrected chi connectivity index (χ2v) is 3.94. The molecule has 0 fully saturated rings. The lowest BCUT2D eigenvalue weighted by Gasteiger charge is -2.10. The van der Waals surface area contributed by atoms with Crippen LogP contribution in [0.15, 0.2) is 42.5 Å². The van der Waals surface area contributed by atoms with Gasteiger partial charge in [0, 0.05) is 5.56 Å². The van der Waals surface area contributed by atoms with Gasteiger partial charge in [0.05, 0.1) is 14.2 Å². The molecular formula is C15H16O2. The van der Waals surface area contributed by atoms with E-state index in [0.29, 0.717) is 0 Å².